The SMILES string of the molecule is CCOc1ccc(N(CCC#N)C(=O)c2cc(C)n(-c3cccc(OC)c3)c2C)cc1. The summed E-state index contributed by atoms with van der Waals surface area (Å²) in [7, 11) is 1.63. The van der Waals surface area contributed by atoms with Crippen molar-refractivity contribution in [2.45, 2.75) is 27.2 Å². The summed E-state index contributed by atoms with van der Waals surface area (Å²) in [6.45, 7) is 6.72. The van der Waals surface area contributed by atoms with Crippen LogP contribution >= 0.6 is 0 Å². The normalized spacial score (nSPS) is 10.4. The Labute approximate surface area is 183 Å². The van der Waals surface area contributed by atoms with Gasteiger partial charge in [-0.1, -0.05) is 6.07 Å². The van der Waals surface area contributed by atoms with Gasteiger partial charge in [-0.05, 0) is 63.2 Å². The van der Waals surface area contributed by atoms with E-state index in [0.29, 0.717) is 18.7 Å². The van der Waals surface area contributed by atoms with Gasteiger partial charge in [0, 0.05) is 35.4 Å². The monoisotopic (exact) mass is 417 g/mol. The Balaban J connectivity index is 1.99. The first-order valence-electron chi connectivity index (χ1n) is 10.2. The number of nitriles is 1. The van der Waals surface area contributed by atoms with E-state index in [1.54, 1.807) is 12.0 Å². The van der Waals surface area contributed by atoms with Crippen molar-refractivity contribution in [2.24, 2.45) is 0 Å². The van der Waals surface area contributed by atoms with Crippen molar-refractivity contribution in [3.63, 3.8) is 0 Å². The smallest absolute Gasteiger partial charge is 0.260 e. The summed E-state index contributed by atoms with van der Waals surface area (Å²) in [4.78, 5) is 15.2. The second-order valence-corrected chi connectivity index (χ2v) is 7.11. The highest BCUT2D eigenvalue weighted by Crippen LogP contribution is 2.27. The predicted octanol–water partition coefficient (Wildman–Crippen LogP) is 5.06. The van der Waals surface area contributed by atoms with E-state index in [1.807, 2.05) is 79.9 Å². The van der Waals surface area contributed by atoms with E-state index in [2.05, 4.69) is 6.07 Å². The van der Waals surface area contributed by atoms with Crippen LogP contribution in [-0.2, 0) is 0 Å². The van der Waals surface area contributed by atoms with Crippen molar-refractivity contribution in [2.75, 3.05) is 25.2 Å². The molecule has 0 N–H and O–H groups in total. The standard InChI is InChI=1S/C25H27N3O3/c1-5-31-22-12-10-20(11-13-22)27(15-7-14-26)25(29)24-16-18(2)28(19(24)3)21-8-6-9-23(17-21)30-4/h6,8-13,16-17H,5,7,15H2,1-4H3. The summed E-state index contributed by atoms with van der Waals surface area (Å²) < 4.78 is 12.9. The number of aromatic nitrogens is 1. The quantitative estimate of drug-likeness (QED) is 0.514. The number of rotatable bonds is 8. The Kier molecular flexibility index (Phi) is 6.99. The van der Waals surface area contributed by atoms with E-state index in [-0.39, 0.29) is 12.3 Å². The minimum absolute atomic E-state index is 0.137. The van der Waals surface area contributed by atoms with Crippen LogP contribution in [0.25, 0.3) is 5.69 Å². The Morgan fingerprint density at radius 3 is 2.48 bits per heavy atom. The minimum Gasteiger partial charge on any atom is -0.497 e. The molecule has 0 aliphatic rings. The van der Waals surface area contributed by atoms with Crippen LogP contribution in [0.15, 0.2) is 54.6 Å². The van der Waals surface area contributed by atoms with Gasteiger partial charge in [-0.15, -0.1) is 0 Å². The third-order valence-electron chi connectivity index (χ3n) is 5.12. The lowest BCUT2D eigenvalue weighted by molar-refractivity contribution is 0.0987. The van der Waals surface area contributed by atoms with Crippen molar-refractivity contribution >= 4 is 11.6 Å². The first-order valence-corrected chi connectivity index (χ1v) is 10.2. The molecule has 0 bridgehead atoms. The molecule has 1 amide bonds. The molecule has 2 aromatic carbocycles. The zero-order valence-corrected chi connectivity index (χ0v) is 18.4. The molecular formula is C25H27N3O3. The van der Waals surface area contributed by atoms with Gasteiger partial charge in [-0.3, -0.25) is 4.79 Å². The molecule has 0 radical (unpaired) electrons. The van der Waals surface area contributed by atoms with Crippen molar-refractivity contribution in [1.29, 1.82) is 5.26 Å². The van der Waals surface area contributed by atoms with Crippen LogP contribution in [0.1, 0.15) is 35.1 Å². The molecule has 0 spiro atoms. The summed E-state index contributed by atoms with van der Waals surface area (Å²) in [5.41, 5.74) is 4.05. The van der Waals surface area contributed by atoms with Gasteiger partial charge in [0.2, 0.25) is 0 Å². The third-order valence-corrected chi connectivity index (χ3v) is 5.12. The van der Waals surface area contributed by atoms with Crippen molar-refractivity contribution in [3.05, 3.63) is 71.5 Å². The minimum atomic E-state index is -0.137. The van der Waals surface area contributed by atoms with Crippen LogP contribution in [0.3, 0.4) is 0 Å². The van der Waals surface area contributed by atoms with Gasteiger partial charge in [0.1, 0.15) is 11.5 Å². The van der Waals surface area contributed by atoms with E-state index in [0.717, 1.165) is 34.3 Å². The molecule has 0 atom stereocenters. The number of anilines is 1. The Morgan fingerprint density at radius 1 is 1.10 bits per heavy atom. The number of nitrogens with zero attached hydrogens (tertiary/aromatic N) is 3. The lowest BCUT2D eigenvalue weighted by atomic mass is 10.1. The van der Waals surface area contributed by atoms with Crippen molar-refractivity contribution in [1.82, 2.24) is 4.57 Å². The fourth-order valence-electron chi connectivity index (χ4n) is 3.67. The van der Waals surface area contributed by atoms with Crippen LogP contribution in [0.5, 0.6) is 11.5 Å². The Bertz CT molecular complexity index is 1090. The van der Waals surface area contributed by atoms with Crippen LogP contribution in [-0.4, -0.2) is 30.7 Å². The molecule has 0 fully saturated rings. The summed E-state index contributed by atoms with van der Waals surface area (Å²) in [5, 5.41) is 9.11. The number of carbonyl (C=O) groups is 1. The molecule has 6 nitrogen and oxygen atoms in total. The number of hydrogen-bond acceptors (Lipinski definition) is 4. The van der Waals surface area contributed by atoms with Crippen LogP contribution < -0.4 is 14.4 Å². The second kappa shape index (κ2) is 9.86. The third kappa shape index (κ3) is 4.72. The van der Waals surface area contributed by atoms with Gasteiger partial charge in [-0.25, -0.2) is 0 Å². The van der Waals surface area contributed by atoms with Gasteiger partial charge in [-0.2, -0.15) is 5.26 Å². The molecule has 160 valence electrons. The molecule has 6 heteroatoms. The average molecular weight is 418 g/mol. The summed E-state index contributed by atoms with van der Waals surface area (Å²) in [5.74, 6) is 1.36. The lowest BCUT2D eigenvalue weighted by Crippen LogP contribution is -2.32. The molecule has 3 aromatic rings. The molecule has 0 saturated heterocycles. The molecule has 0 unspecified atom stereocenters. The maximum absolute atomic E-state index is 13.5. The van der Waals surface area contributed by atoms with Gasteiger partial charge in [0.25, 0.3) is 5.91 Å². The maximum Gasteiger partial charge on any atom is 0.260 e. The van der Waals surface area contributed by atoms with Gasteiger partial charge >= 0.3 is 0 Å². The zero-order valence-electron chi connectivity index (χ0n) is 18.4. The second-order valence-electron chi connectivity index (χ2n) is 7.11. The van der Waals surface area contributed by atoms with E-state index < -0.39 is 0 Å². The topological polar surface area (TPSA) is 67.5 Å². The Morgan fingerprint density at radius 2 is 1.84 bits per heavy atom. The Hall–Kier alpha value is -3.72. The first kappa shape index (κ1) is 22.0. The summed E-state index contributed by atoms with van der Waals surface area (Å²) >= 11 is 0. The number of amides is 1. The maximum atomic E-state index is 13.5. The zero-order chi connectivity index (χ0) is 22.4. The van der Waals surface area contributed by atoms with E-state index in [4.69, 9.17) is 14.7 Å². The molecule has 3 rings (SSSR count). The van der Waals surface area contributed by atoms with Crippen LogP contribution in [0.4, 0.5) is 5.69 Å². The molecule has 0 saturated carbocycles. The summed E-state index contributed by atoms with van der Waals surface area (Å²) in [6.07, 6.45) is 0.244. The fraction of sp³-hybridized carbons (Fsp3) is 0.280. The number of ether oxygens (including phenoxy) is 2. The van der Waals surface area contributed by atoms with Gasteiger partial charge < -0.3 is 18.9 Å². The van der Waals surface area contributed by atoms with Gasteiger partial charge in [0.05, 0.1) is 31.8 Å². The highest BCUT2D eigenvalue weighted by molar-refractivity contribution is 6.07. The first-order chi connectivity index (χ1) is 15.0. The largest absolute Gasteiger partial charge is 0.497 e. The highest BCUT2D eigenvalue weighted by atomic mass is 16.5. The summed E-state index contributed by atoms with van der Waals surface area (Å²) in [6, 6.07) is 19.1. The number of benzene rings is 2. The van der Waals surface area contributed by atoms with Gasteiger partial charge in [0.15, 0.2) is 0 Å². The van der Waals surface area contributed by atoms with E-state index in [9.17, 15) is 4.79 Å². The molecular weight excluding hydrogens is 390 g/mol. The number of carbonyl (C=O) groups excluding carboxylic acids is 1. The molecule has 0 aliphatic carbocycles. The van der Waals surface area contributed by atoms with Crippen molar-refractivity contribution in [3.8, 4) is 23.3 Å². The number of methoxy groups -OCH3 is 1. The lowest BCUT2D eigenvalue weighted by Gasteiger charge is -2.22. The average Bonchev–Trinajstić information content (AvgIpc) is 3.09. The van der Waals surface area contributed by atoms with Crippen LogP contribution in [0, 0.1) is 25.2 Å². The van der Waals surface area contributed by atoms with Crippen LogP contribution in [0.2, 0.25) is 0 Å². The number of aryl methyl sites for hydroxylation is 1. The predicted molar refractivity (Wildman–Crippen MR) is 121 cm³/mol. The molecule has 0 aliphatic heterocycles. The fourth-order valence-corrected chi connectivity index (χ4v) is 3.67. The highest BCUT2D eigenvalue weighted by Gasteiger charge is 2.23. The molecule has 1 aromatic heterocycles. The molecule has 31 heavy (non-hydrogen) atoms. The molecule has 1 heterocycles. The van der Waals surface area contributed by atoms with Crippen molar-refractivity contribution < 1.29 is 14.3 Å². The van der Waals surface area contributed by atoms with E-state index in [1.165, 1.54) is 0 Å². The van der Waals surface area contributed by atoms with E-state index >= 15 is 0 Å². The number of hydrogen-bond donors (Lipinski definition) is 0.